The van der Waals surface area contributed by atoms with E-state index in [4.69, 9.17) is 38.4 Å². The molecule has 2 heterocycles. The van der Waals surface area contributed by atoms with Gasteiger partial charge in [0.2, 0.25) is 12.1 Å². The number of fused-ring (bicyclic) bond motifs is 3. The first-order valence-electron chi connectivity index (χ1n) is 26.0. The molecule has 73 heavy (non-hydrogen) atoms. The number of benzene rings is 5. The van der Waals surface area contributed by atoms with Gasteiger partial charge in [0.25, 0.3) is 0 Å². The Hall–Kier alpha value is -6.35. The number of unbranched alkanes of at least 4 members (excludes halogenated alkanes) is 2. The number of amides is 1. The van der Waals surface area contributed by atoms with Crippen LogP contribution in [0, 0.1) is 17.8 Å². The molecule has 1 saturated carbocycles. The zero-order valence-electron chi connectivity index (χ0n) is 41.6. The molecule has 5 aromatic carbocycles. The lowest BCUT2D eigenvalue weighted by Gasteiger charge is -2.60. The molecule has 7 atom stereocenters. The summed E-state index contributed by atoms with van der Waals surface area (Å²) >= 11 is 0. The number of rotatable bonds is 24. The lowest BCUT2D eigenvalue weighted by atomic mass is 9.55. The molecule has 0 bridgehead atoms. The van der Waals surface area contributed by atoms with Crippen molar-refractivity contribution in [3.05, 3.63) is 162 Å². The highest BCUT2D eigenvalue weighted by Crippen LogP contribution is 2.62. The Balaban J connectivity index is 1.21. The molecule has 0 spiro atoms. The molecule has 2 fully saturated rings. The Bertz CT molecular complexity index is 2700. The SMILES string of the molecule is C=CCOC12Oc3ccc(Oc4cccc(C=O)c4)cc3C3C(CCCCO)C(CCCCO)C=C(C(=NOC4CCCCO4)CC1N(Cc1cccc4ccccc14)C(=O)OCCOCc1ccccc1)C32. The first kappa shape index (κ1) is 51.5. The van der Waals surface area contributed by atoms with Gasteiger partial charge in [0.05, 0.1) is 44.6 Å². The topological polar surface area (TPSA) is 155 Å². The van der Waals surface area contributed by atoms with Crippen molar-refractivity contribution in [2.45, 2.75) is 101 Å². The maximum absolute atomic E-state index is 15.3. The molecular formula is C60H68N2O11. The first-order valence-corrected chi connectivity index (χ1v) is 26.0. The van der Waals surface area contributed by atoms with Gasteiger partial charge in [-0.1, -0.05) is 115 Å². The number of aliphatic hydroxyl groups is 2. The van der Waals surface area contributed by atoms with E-state index in [1.165, 1.54) is 0 Å². The molecule has 4 aliphatic rings. The van der Waals surface area contributed by atoms with Gasteiger partial charge in [0.15, 0.2) is 0 Å². The number of carbonyl (C=O) groups excluding carboxylic acids is 2. The molecule has 0 aromatic heterocycles. The quantitative estimate of drug-likeness (QED) is 0.0263. The van der Waals surface area contributed by atoms with Gasteiger partial charge >= 0.3 is 6.09 Å². The van der Waals surface area contributed by atoms with Crippen LogP contribution in [-0.4, -0.2) is 91.0 Å². The van der Waals surface area contributed by atoms with E-state index in [0.29, 0.717) is 61.0 Å². The van der Waals surface area contributed by atoms with Crippen molar-refractivity contribution in [2.75, 3.05) is 39.6 Å². The Morgan fingerprint density at radius 1 is 0.863 bits per heavy atom. The minimum atomic E-state index is -1.54. The summed E-state index contributed by atoms with van der Waals surface area (Å²) in [6.07, 6.45) is 10.8. The average molecular weight is 993 g/mol. The predicted molar refractivity (Wildman–Crippen MR) is 278 cm³/mol. The number of allylic oxidation sites excluding steroid dienone is 1. The smallest absolute Gasteiger partial charge is 0.410 e. The van der Waals surface area contributed by atoms with Crippen LogP contribution in [-0.2, 0) is 36.9 Å². The normalized spacial score (nSPS) is 23.6. The van der Waals surface area contributed by atoms with Crippen molar-refractivity contribution in [2.24, 2.45) is 22.9 Å². The van der Waals surface area contributed by atoms with E-state index in [1.807, 2.05) is 78.9 Å². The third kappa shape index (κ3) is 12.0. The predicted octanol–water partition coefficient (Wildman–Crippen LogP) is 11.5. The summed E-state index contributed by atoms with van der Waals surface area (Å²) in [6.45, 7) is 5.58. The maximum atomic E-state index is 15.3. The molecule has 384 valence electrons. The van der Waals surface area contributed by atoms with E-state index in [-0.39, 0.29) is 63.8 Å². The largest absolute Gasteiger partial charge is 0.459 e. The van der Waals surface area contributed by atoms with E-state index in [9.17, 15) is 15.0 Å². The summed E-state index contributed by atoms with van der Waals surface area (Å²) in [5, 5.41) is 27.3. The maximum Gasteiger partial charge on any atom is 0.410 e. The molecule has 1 amide bonds. The van der Waals surface area contributed by atoms with Gasteiger partial charge in [-0.05, 0) is 108 Å². The van der Waals surface area contributed by atoms with Crippen molar-refractivity contribution < 1.29 is 53.1 Å². The third-order valence-corrected chi connectivity index (χ3v) is 14.7. The van der Waals surface area contributed by atoms with Crippen LogP contribution in [0.25, 0.3) is 10.8 Å². The van der Waals surface area contributed by atoms with Crippen LogP contribution >= 0.6 is 0 Å². The number of hydrogen-bond donors (Lipinski definition) is 2. The minimum absolute atomic E-state index is 0.00407. The highest BCUT2D eigenvalue weighted by molar-refractivity contribution is 6.03. The van der Waals surface area contributed by atoms with Crippen LogP contribution in [0.3, 0.4) is 0 Å². The number of hydrogen-bond acceptors (Lipinski definition) is 12. The van der Waals surface area contributed by atoms with Crippen molar-refractivity contribution in [3.63, 3.8) is 0 Å². The van der Waals surface area contributed by atoms with E-state index in [1.54, 1.807) is 29.2 Å². The number of aliphatic hydroxyl groups excluding tert-OH is 2. The van der Waals surface area contributed by atoms with Gasteiger partial charge in [-0.2, -0.15) is 0 Å². The Morgan fingerprint density at radius 3 is 2.47 bits per heavy atom. The zero-order chi connectivity index (χ0) is 50.4. The Kier molecular flexibility index (Phi) is 17.7. The van der Waals surface area contributed by atoms with Crippen LogP contribution in [0.4, 0.5) is 4.79 Å². The molecule has 2 aliphatic heterocycles. The van der Waals surface area contributed by atoms with Crippen LogP contribution < -0.4 is 9.47 Å². The summed E-state index contributed by atoms with van der Waals surface area (Å²) in [6, 6.07) is 36.1. The van der Waals surface area contributed by atoms with Gasteiger partial charge in [-0.25, -0.2) is 4.79 Å². The summed E-state index contributed by atoms with van der Waals surface area (Å²) in [7, 11) is 0. The monoisotopic (exact) mass is 992 g/mol. The Morgan fingerprint density at radius 2 is 1.66 bits per heavy atom. The van der Waals surface area contributed by atoms with Gasteiger partial charge < -0.3 is 43.5 Å². The molecular weight excluding hydrogens is 925 g/mol. The number of aldehydes is 1. The van der Waals surface area contributed by atoms with Crippen molar-refractivity contribution >= 4 is 28.9 Å². The molecule has 13 nitrogen and oxygen atoms in total. The number of carbonyl (C=O) groups is 2. The van der Waals surface area contributed by atoms with Gasteiger partial charge in [0.1, 0.15) is 36.2 Å². The van der Waals surface area contributed by atoms with E-state index in [0.717, 1.165) is 77.8 Å². The van der Waals surface area contributed by atoms with Gasteiger partial charge in [-0.3, -0.25) is 9.69 Å². The second kappa shape index (κ2) is 25.1. The van der Waals surface area contributed by atoms with Gasteiger partial charge in [-0.15, -0.1) is 6.58 Å². The fourth-order valence-electron chi connectivity index (χ4n) is 11.4. The van der Waals surface area contributed by atoms with Crippen LogP contribution in [0.5, 0.6) is 17.2 Å². The first-order chi connectivity index (χ1) is 35.9. The molecule has 9 rings (SSSR count). The molecule has 2 N–H and O–H groups in total. The van der Waals surface area contributed by atoms with Crippen molar-refractivity contribution in [3.8, 4) is 17.2 Å². The van der Waals surface area contributed by atoms with Crippen molar-refractivity contribution in [1.29, 1.82) is 0 Å². The summed E-state index contributed by atoms with van der Waals surface area (Å²) in [4.78, 5) is 35.3. The van der Waals surface area contributed by atoms with E-state index >= 15 is 4.79 Å². The average Bonchev–Trinajstić information content (AvgIpc) is 3.42. The zero-order valence-corrected chi connectivity index (χ0v) is 41.6. The second-order valence-corrected chi connectivity index (χ2v) is 19.4. The summed E-state index contributed by atoms with van der Waals surface area (Å²) < 4.78 is 39.7. The number of oxime groups is 1. The van der Waals surface area contributed by atoms with Gasteiger partial charge in [0, 0.05) is 43.1 Å². The lowest BCUT2D eigenvalue weighted by Crippen LogP contribution is -2.70. The second-order valence-electron chi connectivity index (χ2n) is 19.4. The fourth-order valence-corrected chi connectivity index (χ4v) is 11.4. The van der Waals surface area contributed by atoms with E-state index < -0.39 is 30.1 Å². The standard InChI is InChI=1S/C60H68N2O11/c1-2-31-70-60-55(62(39-46-22-15-21-44-19-6-7-24-49(44)46)59(66)69-34-33-67-41-42-16-4-3-5-17-42)38-53(61-73-56-26-10-13-32-68-56)51-36-45(20-8-11-29-63)50(25-9-12-30-64)57(58(51)60)52-37-48(27-28-54(52)72-60)71-47-23-14-18-43(35-47)40-65/h2-7,14-19,21-24,27-28,35-37,40,45,50,55-58,63-64H,1,8-13,20,25-26,29-34,38-39,41H2. The minimum Gasteiger partial charge on any atom is -0.459 e. The summed E-state index contributed by atoms with van der Waals surface area (Å²) in [5.41, 5.74) is 4.86. The molecule has 2 aliphatic carbocycles. The number of nitrogens with zero attached hydrogens (tertiary/aromatic N) is 2. The lowest BCUT2D eigenvalue weighted by molar-refractivity contribution is -0.256. The van der Waals surface area contributed by atoms with Crippen molar-refractivity contribution in [1.82, 2.24) is 4.90 Å². The molecule has 7 unspecified atom stereocenters. The van der Waals surface area contributed by atoms with Crippen LogP contribution in [0.2, 0.25) is 0 Å². The van der Waals surface area contributed by atoms with E-state index in [2.05, 4.69) is 30.9 Å². The van der Waals surface area contributed by atoms with Crippen LogP contribution in [0.1, 0.15) is 97.2 Å². The molecule has 13 heteroatoms. The Labute approximate surface area is 428 Å². The third-order valence-electron chi connectivity index (χ3n) is 14.7. The molecule has 1 saturated heterocycles. The highest BCUT2D eigenvalue weighted by Gasteiger charge is 2.66. The number of ether oxygens (including phenoxy) is 6. The molecule has 5 aromatic rings. The highest BCUT2D eigenvalue weighted by atomic mass is 16.8. The fraction of sp³-hybridized carbons (Fsp3) is 0.417. The molecule has 0 radical (unpaired) electrons. The van der Waals surface area contributed by atoms with Crippen LogP contribution in [0.15, 0.2) is 145 Å². The summed E-state index contributed by atoms with van der Waals surface area (Å²) in [5.74, 6) is -0.795.